The van der Waals surface area contributed by atoms with Crippen molar-refractivity contribution >= 4 is 35.7 Å². The van der Waals surface area contributed by atoms with Crippen LogP contribution >= 0.6 is 0 Å². The molecule has 15 heteroatoms. The molecule has 3 amide bonds. The Bertz CT molecular complexity index is 1400. The fourth-order valence-corrected chi connectivity index (χ4v) is 4.94. The number of hydrogen-bond acceptors (Lipinski definition) is 10. The second kappa shape index (κ2) is 13.3. The number of amides is 3. The quantitative estimate of drug-likeness (QED) is 0.310. The van der Waals surface area contributed by atoms with Crippen molar-refractivity contribution in [1.82, 2.24) is 10.2 Å². The minimum atomic E-state index is -1.45. The smallest absolute Gasteiger partial charge is 0.416 e. The number of benzene rings is 2. The highest BCUT2D eigenvalue weighted by atomic mass is 16.6. The monoisotopic (exact) mass is 601 g/mol. The van der Waals surface area contributed by atoms with Crippen LogP contribution in [0.5, 0.6) is 17.2 Å². The van der Waals surface area contributed by atoms with Crippen molar-refractivity contribution in [1.29, 1.82) is 0 Å². The number of carbonyl (C=O) groups is 5. The van der Waals surface area contributed by atoms with Crippen molar-refractivity contribution in [2.75, 3.05) is 25.7 Å². The van der Waals surface area contributed by atoms with Crippen LogP contribution in [0.15, 0.2) is 36.4 Å². The van der Waals surface area contributed by atoms with Gasteiger partial charge in [-0.3, -0.25) is 9.59 Å². The van der Waals surface area contributed by atoms with Gasteiger partial charge in [-0.1, -0.05) is 12.1 Å². The number of ether oxygens (including phenoxy) is 4. The number of carbonyl (C=O) groups excluding carboxylic acids is 3. The van der Waals surface area contributed by atoms with E-state index in [2.05, 4.69) is 5.32 Å². The van der Waals surface area contributed by atoms with E-state index >= 15 is 0 Å². The van der Waals surface area contributed by atoms with Gasteiger partial charge in [0.1, 0.15) is 18.4 Å². The van der Waals surface area contributed by atoms with Crippen LogP contribution in [-0.4, -0.2) is 89.3 Å². The van der Waals surface area contributed by atoms with Gasteiger partial charge in [-0.15, -0.1) is 0 Å². The zero-order valence-electron chi connectivity index (χ0n) is 23.3. The van der Waals surface area contributed by atoms with E-state index in [0.29, 0.717) is 24.9 Å². The van der Waals surface area contributed by atoms with E-state index in [9.17, 15) is 34.2 Å². The number of carboxylic acids is 2. The molecular weight excluding hydrogens is 570 g/mol. The number of hydrogen-bond donors (Lipinski definition) is 4. The Labute approximate surface area is 245 Å². The van der Waals surface area contributed by atoms with E-state index in [4.69, 9.17) is 24.1 Å². The van der Waals surface area contributed by atoms with Gasteiger partial charge in [0.05, 0.1) is 31.5 Å². The maximum absolute atomic E-state index is 13.4. The summed E-state index contributed by atoms with van der Waals surface area (Å²) in [6.45, 7) is 0.179. The SMILES string of the molecule is COc1cc2c(cc1OC)N(C(=O)OCc1ccc(OC(=O)N[C@@H](CCC(=O)O)C(=O)O)cc1)[C@@H](O)[C@@H]1CCCN1C2=O. The Morgan fingerprint density at radius 3 is 2.35 bits per heavy atom. The highest BCUT2D eigenvalue weighted by Gasteiger charge is 2.45. The molecular formula is C28H31N3O12. The van der Waals surface area contributed by atoms with Crippen LogP contribution in [0, 0.1) is 0 Å². The third kappa shape index (κ3) is 6.89. The molecule has 0 aromatic heterocycles. The number of aliphatic hydroxyl groups is 1. The number of carboxylic acid groups (broad SMARTS) is 2. The molecule has 0 aliphatic carbocycles. The molecule has 3 atom stereocenters. The normalized spacial score (nSPS) is 18.1. The van der Waals surface area contributed by atoms with Crippen molar-refractivity contribution in [3.63, 3.8) is 0 Å². The summed E-state index contributed by atoms with van der Waals surface area (Å²) >= 11 is 0. The van der Waals surface area contributed by atoms with Crippen LogP contribution in [0.25, 0.3) is 0 Å². The van der Waals surface area contributed by atoms with Gasteiger partial charge in [-0.2, -0.15) is 0 Å². The lowest BCUT2D eigenvalue weighted by Crippen LogP contribution is -2.50. The minimum Gasteiger partial charge on any atom is -0.493 e. The zero-order valence-corrected chi connectivity index (χ0v) is 23.3. The topological polar surface area (TPSA) is 201 Å². The number of nitrogens with one attached hydrogen (secondary N) is 1. The molecule has 0 spiro atoms. The van der Waals surface area contributed by atoms with Crippen molar-refractivity contribution in [3.05, 3.63) is 47.5 Å². The van der Waals surface area contributed by atoms with E-state index < -0.39 is 48.9 Å². The summed E-state index contributed by atoms with van der Waals surface area (Å²) in [5.41, 5.74) is 0.736. The molecule has 0 radical (unpaired) electrons. The van der Waals surface area contributed by atoms with Gasteiger partial charge in [-0.05, 0) is 43.0 Å². The van der Waals surface area contributed by atoms with Crippen LogP contribution in [-0.2, 0) is 20.9 Å². The molecule has 0 unspecified atom stereocenters. The molecule has 15 nitrogen and oxygen atoms in total. The van der Waals surface area contributed by atoms with Crippen molar-refractivity contribution in [2.24, 2.45) is 0 Å². The lowest BCUT2D eigenvalue weighted by Gasteiger charge is -2.31. The van der Waals surface area contributed by atoms with Crippen LogP contribution in [0.3, 0.4) is 0 Å². The van der Waals surface area contributed by atoms with Crippen molar-refractivity contribution in [3.8, 4) is 17.2 Å². The summed E-state index contributed by atoms with van der Waals surface area (Å²) in [4.78, 5) is 63.4. The zero-order chi connectivity index (χ0) is 31.3. The maximum atomic E-state index is 13.4. The predicted octanol–water partition coefficient (Wildman–Crippen LogP) is 2.19. The molecule has 1 saturated heterocycles. The number of nitrogens with zero attached hydrogens (tertiary/aromatic N) is 2. The van der Waals surface area contributed by atoms with Crippen LogP contribution in [0.1, 0.15) is 41.6 Å². The van der Waals surface area contributed by atoms with Crippen LogP contribution in [0.4, 0.5) is 15.3 Å². The van der Waals surface area contributed by atoms with E-state index in [1.165, 1.54) is 55.5 Å². The second-order valence-electron chi connectivity index (χ2n) is 9.77. The van der Waals surface area contributed by atoms with Crippen LogP contribution < -0.4 is 24.4 Å². The van der Waals surface area contributed by atoms with E-state index in [1.54, 1.807) is 0 Å². The molecule has 0 saturated carbocycles. The molecule has 4 rings (SSSR count). The number of rotatable bonds is 10. The Morgan fingerprint density at radius 1 is 1.05 bits per heavy atom. The summed E-state index contributed by atoms with van der Waals surface area (Å²) in [5.74, 6) is -2.39. The summed E-state index contributed by atoms with van der Waals surface area (Å²) in [7, 11) is 2.82. The molecule has 4 N–H and O–H groups in total. The second-order valence-corrected chi connectivity index (χ2v) is 9.77. The number of fused-ring (bicyclic) bond motifs is 2. The standard InChI is InChI=1S/C28H31N3O12/c1-40-21-12-17-20(13-22(21)41-2)31(25(35)19-4-3-11-30(19)24(17)34)28(39)42-14-15-5-7-16(8-6-15)43-27(38)29-18(26(36)37)9-10-23(32)33/h5-8,12-13,18-19,25,35H,3-4,9-11,14H2,1-2H3,(H,29,38)(H,32,33)(H,36,37)/t18-,19-,25-/m0/s1. The molecule has 2 aromatic rings. The van der Waals surface area contributed by atoms with E-state index in [1.807, 2.05) is 0 Å². The molecule has 43 heavy (non-hydrogen) atoms. The first-order valence-corrected chi connectivity index (χ1v) is 13.3. The van der Waals surface area contributed by atoms with Crippen LogP contribution in [0.2, 0.25) is 0 Å². The number of anilines is 1. The summed E-state index contributed by atoms with van der Waals surface area (Å²) in [5, 5.41) is 31.3. The first-order chi connectivity index (χ1) is 20.5. The summed E-state index contributed by atoms with van der Waals surface area (Å²) in [6, 6.07) is 6.58. The fourth-order valence-electron chi connectivity index (χ4n) is 4.94. The lowest BCUT2D eigenvalue weighted by atomic mass is 10.1. The van der Waals surface area contributed by atoms with Gasteiger partial charge in [-0.25, -0.2) is 19.3 Å². The van der Waals surface area contributed by atoms with E-state index in [-0.39, 0.29) is 47.4 Å². The largest absolute Gasteiger partial charge is 0.493 e. The molecule has 2 aliphatic heterocycles. The number of methoxy groups -OCH3 is 2. The molecule has 2 aliphatic rings. The summed E-state index contributed by atoms with van der Waals surface area (Å²) in [6.07, 6.45) is -3.03. The highest BCUT2D eigenvalue weighted by Crippen LogP contribution is 2.41. The Kier molecular flexibility index (Phi) is 9.55. The van der Waals surface area contributed by atoms with Gasteiger partial charge in [0.15, 0.2) is 17.7 Å². The predicted molar refractivity (Wildman–Crippen MR) is 146 cm³/mol. The first-order valence-electron chi connectivity index (χ1n) is 13.3. The number of aliphatic carboxylic acids is 2. The van der Waals surface area contributed by atoms with Crippen molar-refractivity contribution < 1.29 is 58.2 Å². The van der Waals surface area contributed by atoms with E-state index in [0.717, 1.165) is 4.90 Å². The van der Waals surface area contributed by atoms with Gasteiger partial charge in [0.2, 0.25) is 0 Å². The molecule has 0 bridgehead atoms. The maximum Gasteiger partial charge on any atom is 0.416 e. The minimum absolute atomic E-state index is 0.0488. The molecule has 2 aromatic carbocycles. The van der Waals surface area contributed by atoms with Crippen molar-refractivity contribution in [2.45, 2.75) is 50.6 Å². The summed E-state index contributed by atoms with van der Waals surface area (Å²) < 4.78 is 21.3. The van der Waals surface area contributed by atoms with Gasteiger partial charge in [0, 0.05) is 19.0 Å². The van der Waals surface area contributed by atoms with Gasteiger partial charge < -0.3 is 44.5 Å². The third-order valence-electron chi connectivity index (χ3n) is 7.09. The Morgan fingerprint density at radius 2 is 1.72 bits per heavy atom. The lowest BCUT2D eigenvalue weighted by molar-refractivity contribution is -0.140. The van der Waals surface area contributed by atoms with Gasteiger partial charge >= 0.3 is 24.1 Å². The fraction of sp³-hybridized carbons (Fsp3) is 0.393. The first kappa shape index (κ1) is 30.9. The third-order valence-corrected chi connectivity index (χ3v) is 7.09. The average Bonchev–Trinajstić information content (AvgIpc) is 3.45. The van der Waals surface area contributed by atoms with Gasteiger partial charge in [0.25, 0.3) is 5.91 Å². The Balaban J connectivity index is 1.45. The molecule has 1 fully saturated rings. The Hall–Kier alpha value is -5.05. The highest BCUT2D eigenvalue weighted by molar-refractivity contribution is 6.06. The molecule has 230 valence electrons. The molecule has 2 heterocycles. The average molecular weight is 602 g/mol. The number of aliphatic hydroxyl groups excluding tert-OH is 1.